The molecule has 6 nitrogen and oxygen atoms in total. The molecule has 0 unspecified atom stereocenters. The van der Waals surface area contributed by atoms with Gasteiger partial charge in [-0.3, -0.25) is 9.59 Å². The van der Waals surface area contributed by atoms with Crippen LogP contribution in [0.3, 0.4) is 0 Å². The first-order chi connectivity index (χ1) is 9.45. The summed E-state index contributed by atoms with van der Waals surface area (Å²) in [6, 6.07) is 6.65. The Labute approximate surface area is 119 Å². The van der Waals surface area contributed by atoms with E-state index in [1.165, 1.54) is 0 Å². The first-order valence-electron chi connectivity index (χ1n) is 5.80. The monoisotopic (exact) mass is 291 g/mol. The maximum atomic E-state index is 12.0. The quantitative estimate of drug-likeness (QED) is 0.798. The number of nitrogen functional groups attached to an aromatic ring is 1. The van der Waals surface area contributed by atoms with Crippen LogP contribution < -0.4 is 11.1 Å². The zero-order valence-electron chi connectivity index (χ0n) is 10.7. The average molecular weight is 291 g/mol. The molecule has 2 aromatic rings. The number of aryl methyl sites for hydroxylation is 1. The Kier molecular flexibility index (Phi) is 3.99. The second kappa shape index (κ2) is 5.70. The summed E-state index contributed by atoms with van der Waals surface area (Å²) in [5, 5.41) is 11.7. The number of aromatic nitrogens is 1. The molecule has 4 N–H and O–H groups in total. The van der Waals surface area contributed by atoms with E-state index in [2.05, 4.69) is 10.3 Å². The Morgan fingerprint density at radius 1 is 1.35 bits per heavy atom. The number of thiazole rings is 1. The van der Waals surface area contributed by atoms with Crippen molar-refractivity contribution in [2.45, 2.75) is 13.3 Å². The summed E-state index contributed by atoms with van der Waals surface area (Å²) in [5.41, 5.74) is 7.41. The second-order valence-electron chi connectivity index (χ2n) is 4.19. The molecule has 1 heterocycles. The van der Waals surface area contributed by atoms with E-state index >= 15 is 0 Å². The predicted octanol–water partition coefficient (Wildman–Crippen LogP) is 1.91. The van der Waals surface area contributed by atoms with Gasteiger partial charge in [0.1, 0.15) is 4.88 Å². The zero-order chi connectivity index (χ0) is 14.7. The van der Waals surface area contributed by atoms with Crippen LogP contribution in [0.25, 0.3) is 0 Å². The van der Waals surface area contributed by atoms with Crippen LogP contribution in [-0.2, 0) is 11.2 Å². The molecule has 104 valence electrons. The molecule has 2 rings (SSSR count). The van der Waals surface area contributed by atoms with Gasteiger partial charge in [0.2, 0.25) is 0 Å². The molecule has 0 saturated heterocycles. The van der Waals surface area contributed by atoms with Crippen LogP contribution in [0.15, 0.2) is 24.3 Å². The molecular formula is C13H13N3O3S. The summed E-state index contributed by atoms with van der Waals surface area (Å²) < 4.78 is 0. The smallest absolute Gasteiger partial charge is 0.307 e. The van der Waals surface area contributed by atoms with Crippen LogP contribution in [0.5, 0.6) is 0 Å². The minimum atomic E-state index is -0.891. The fourth-order valence-corrected chi connectivity index (χ4v) is 2.43. The van der Waals surface area contributed by atoms with Gasteiger partial charge in [-0.05, 0) is 24.6 Å². The highest BCUT2D eigenvalue weighted by molar-refractivity contribution is 7.17. The van der Waals surface area contributed by atoms with E-state index in [9.17, 15) is 9.59 Å². The van der Waals surface area contributed by atoms with Crippen molar-refractivity contribution in [1.29, 1.82) is 0 Å². The first kappa shape index (κ1) is 14.0. The first-order valence-corrected chi connectivity index (χ1v) is 6.62. The van der Waals surface area contributed by atoms with Crippen LogP contribution in [0.4, 0.5) is 10.8 Å². The summed E-state index contributed by atoms with van der Waals surface area (Å²) in [4.78, 5) is 27.0. The van der Waals surface area contributed by atoms with Crippen LogP contribution in [0, 0.1) is 6.92 Å². The van der Waals surface area contributed by atoms with Gasteiger partial charge in [-0.15, -0.1) is 0 Å². The van der Waals surface area contributed by atoms with Gasteiger partial charge >= 0.3 is 5.97 Å². The Bertz CT molecular complexity index is 649. The van der Waals surface area contributed by atoms with E-state index in [1.54, 1.807) is 31.2 Å². The molecule has 0 aliphatic rings. The number of nitrogens with zero attached hydrogens (tertiary/aromatic N) is 1. The molecule has 20 heavy (non-hydrogen) atoms. The molecular weight excluding hydrogens is 278 g/mol. The molecule has 0 radical (unpaired) electrons. The van der Waals surface area contributed by atoms with Gasteiger partial charge in [0, 0.05) is 5.69 Å². The third kappa shape index (κ3) is 3.33. The van der Waals surface area contributed by atoms with Crippen molar-refractivity contribution < 1.29 is 14.7 Å². The van der Waals surface area contributed by atoms with Crippen LogP contribution >= 0.6 is 11.3 Å². The fourth-order valence-electron chi connectivity index (χ4n) is 1.70. The lowest BCUT2D eigenvalue weighted by molar-refractivity contribution is -0.136. The number of benzene rings is 1. The second-order valence-corrected chi connectivity index (χ2v) is 5.22. The number of hydrogen-bond donors (Lipinski definition) is 3. The lowest BCUT2D eigenvalue weighted by Gasteiger charge is -2.05. The van der Waals surface area contributed by atoms with Crippen LogP contribution in [0.2, 0.25) is 0 Å². The largest absolute Gasteiger partial charge is 0.481 e. The Hall–Kier alpha value is -2.41. The molecule has 0 saturated carbocycles. The van der Waals surface area contributed by atoms with E-state index < -0.39 is 5.97 Å². The number of aliphatic carboxylic acids is 1. The number of anilines is 2. The van der Waals surface area contributed by atoms with Gasteiger partial charge < -0.3 is 16.2 Å². The number of rotatable bonds is 4. The molecule has 0 aliphatic carbocycles. The maximum absolute atomic E-state index is 12.0. The van der Waals surface area contributed by atoms with Crippen molar-refractivity contribution in [1.82, 2.24) is 4.98 Å². The van der Waals surface area contributed by atoms with Gasteiger partial charge in [-0.25, -0.2) is 4.98 Å². The lowest BCUT2D eigenvalue weighted by Crippen LogP contribution is -2.11. The Morgan fingerprint density at radius 2 is 2.00 bits per heavy atom. The van der Waals surface area contributed by atoms with Crippen molar-refractivity contribution in [3.05, 3.63) is 40.4 Å². The zero-order valence-corrected chi connectivity index (χ0v) is 11.5. The number of nitrogens with one attached hydrogen (secondary N) is 1. The van der Waals surface area contributed by atoms with Crippen molar-refractivity contribution in [3.63, 3.8) is 0 Å². The SMILES string of the molecule is Cc1nc(N)sc1C(=O)Nc1ccc(CC(=O)O)cc1. The molecule has 0 spiro atoms. The molecule has 7 heteroatoms. The van der Waals surface area contributed by atoms with Gasteiger partial charge in [-0.2, -0.15) is 0 Å². The Balaban J connectivity index is 2.08. The number of carbonyl (C=O) groups is 2. The highest BCUT2D eigenvalue weighted by atomic mass is 32.1. The van der Waals surface area contributed by atoms with E-state index in [1.807, 2.05) is 0 Å². The molecule has 0 fully saturated rings. The van der Waals surface area contributed by atoms with Crippen molar-refractivity contribution >= 4 is 34.0 Å². The fraction of sp³-hybridized carbons (Fsp3) is 0.154. The van der Waals surface area contributed by atoms with E-state index in [4.69, 9.17) is 10.8 Å². The van der Waals surface area contributed by atoms with E-state index in [0.29, 0.717) is 27.0 Å². The molecule has 0 atom stereocenters. The summed E-state index contributed by atoms with van der Waals surface area (Å²) in [5.74, 6) is -1.17. The van der Waals surface area contributed by atoms with Crippen molar-refractivity contribution in [2.75, 3.05) is 11.1 Å². The predicted molar refractivity (Wildman–Crippen MR) is 77.0 cm³/mol. The molecule has 1 amide bonds. The number of carboxylic acid groups (broad SMARTS) is 1. The van der Waals surface area contributed by atoms with Crippen LogP contribution in [-0.4, -0.2) is 22.0 Å². The topological polar surface area (TPSA) is 105 Å². The van der Waals surface area contributed by atoms with Gasteiger partial charge in [0.25, 0.3) is 5.91 Å². The molecule has 1 aromatic heterocycles. The van der Waals surface area contributed by atoms with Crippen molar-refractivity contribution in [3.8, 4) is 0 Å². The molecule has 0 aliphatic heterocycles. The standard InChI is InChI=1S/C13H13N3O3S/c1-7-11(20-13(14)15-7)12(19)16-9-4-2-8(3-5-9)6-10(17)18/h2-5H,6H2,1H3,(H2,14,15)(H,16,19)(H,17,18). The van der Waals surface area contributed by atoms with Crippen LogP contribution in [0.1, 0.15) is 20.9 Å². The van der Waals surface area contributed by atoms with Gasteiger partial charge in [0.15, 0.2) is 5.13 Å². The Morgan fingerprint density at radius 3 is 2.50 bits per heavy atom. The lowest BCUT2D eigenvalue weighted by atomic mass is 10.1. The van der Waals surface area contributed by atoms with Gasteiger partial charge in [-0.1, -0.05) is 23.5 Å². The minimum Gasteiger partial charge on any atom is -0.481 e. The average Bonchev–Trinajstić information content (AvgIpc) is 2.70. The summed E-state index contributed by atoms with van der Waals surface area (Å²) in [6.45, 7) is 1.72. The molecule has 1 aromatic carbocycles. The summed E-state index contributed by atoms with van der Waals surface area (Å²) in [6.07, 6.45) is -0.0429. The summed E-state index contributed by atoms with van der Waals surface area (Å²) >= 11 is 1.13. The minimum absolute atomic E-state index is 0.0429. The molecule has 0 bridgehead atoms. The number of carboxylic acids is 1. The van der Waals surface area contributed by atoms with Crippen molar-refractivity contribution in [2.24, 2.45) is 0 Å². The number of carbonyl (C=O) groups excluding carboxylic acids is 1. The number of nitrogens with two attached hydrogens (primary N) is 1. The number of hydrogen-bond acceptors (Lipinski definition) is 5. The third-order valence-electron chi connectivity index (χ3n) is 2.59. The number of amides is 1. The van der Waals surface area contributed by atoms with E-state index in [-0.39, 0.29) is 12.3 Å². The third-order valence-corrected chi connectivity index (χ3v) is 3.57. The van der Waals surface area contributed by atoms with E-state index in [0.717, 1.165) is 11.3 Å². The maximum Gasteiger partial charge on any atom is 0.307 e. The van der Waals surface area contributed by atoms with Gasteiger partial charge in [0.05, 0.1) is 12.1 Å². The highest BCUT2D eigenvalue weighted by Gasteiger charge is 2.14. The normalized spacial score (nSPS) is 10.2. The highest BCUT2D eigenvalue weighted by Crippen LogP contribution is 2.21. The summed E-state index contributed by atoms with van der Waals surface area (Å²) in [7, 11) is 0.